The molecule has 2 atom stereocenters. The number of hydrogen-bond acceptors (Lipinski definition) is 1. The maximum Gasteiger partial charge on any atom is 0.146 e. The average molecular weight is 281 g/mol. The van der Waals surface area contributed by atoms with Gasteiger partial charge in [0.1, 0.15) is 11.6 Å². The zero-order chi connectivity index (χ0) is 14.5. The van der Waals surface area contributed by atoms with Gasteiger partial charge >= 0.3 is 0 Å². The highest BCUT2D eigenvalue weighted by Crippen LogP contribution is 2.29. The standard InChI is InChI=1S/C17H25F2N/c1-3-5-13-6-4-7-14(9-8-13)20-17-11-15(18)12(2)10-16(17)19/h10-11,13-14,20H,3-9H2,1-2H3. The smallest absolute Gasteiger partial charge is 0.146 e. The van der Waals surface area contributed by atoms with Gasteiger partial charge in [0.25, 0.3) is 0 Å². The van der Waals surface area contributed by atoms with E-state index in [9.17, 15) is 8.78 Å². The van der Waals surface area contributed by atoms with E-state index in [0.717, 1.165) is 18.8 Å². The molecule has 0 saturated heterocycles. The summed E-state index contributed by atoms with van der Waals surface area (Å²) in [6.07, 6.45) is 8.28. The van der Waals surface area contributed by atoms with Crippen LogP contribution in [0.3, 0.4) is 0 Å². The van der Waals surface area contributed by atoms with Crippen LogP contribution < -0.4 is 5.32 Å². The summed E-state index contributed by atoms with van der Waals surface area (Å²) in [4.78, 5) is 0. The molecule has 112 valence electrons. The van der Waals surface area contributed by atoms with E-state index in [1.54, 1.807) is 6.92 Å². The molecule has 0 aromatic heterocycles. The minimum Gasteiger partial charge on any atom is -0.380 e. The first-order valence-electron chi connectivity index (χ1n) is 7.82. The number of aryl methyl sites for hydroxylation is 1. The molecule has 1 aliphatic carbocycles. The van der Waals surface area contributed by atoms with E-state index in [1.807, 2.05) is 0 Å². The summed E-state index contributed by atoms with van der Waals surface area (Å²) in [6, 6.07) is 2.83. The van der Waals surface area contributed by atoms with Gasteiger partial charge in [-0.05, 0) is 43.7 Å². The molecule has 2 unspecified atom stereocenters. The SMILES string of the molecule is CCCC1CCCC(Nc2cc(F)c(C)cc2F)CC1. The molecule has 1 nitrogen and oxygen atoms in total. The molecule has 1 aliphatic rings. The lowest BCUT2D eigenvalue weighted by atomic mass is 9.95. The van der Waals surface area contributed by atoms with Crippen molar-refractivity contribution in [2.24, 2.45) is 5.92 Å². The second-order valence-electron chi connectivity index (χ2n) is 6.09. The topological polar surface area (TPSA) is 12.0 Å². The van der Waals surface area contributed by atoms with Gasteiger partial charge < -0.3 is 5.32 Å². The first kappa shape index (κ1) is 15.3. The second-order valence-corrected chi connectivity index (χ2v) is 6.09. The van der Waals surface area contributed by atoms with E-state index in [-0.39, 0.29) is 17.7 Å². The average Bonchev–Trinajstić information content (AvgIpc) is 2.62. The van der Waals surface area contributed by atoms with Crippen molar-refractivity contribution in [3.63, 3.8) is 0 Å². The van der Waals surface area contributed by atoms with Gasteiger partial charge in [-0.15, -0.1) is 0 Å². The monoisotopic (exact) mass is 281 g/mol. The molecule has 3 heteroatoms. The summed E-state index contributed by atoms with van der Waals surface area (Å²) >= 11 is 0. The highest BCUT2D eigenvalue weighted by molar-refractivity contribution is 5.47. The van der Waals surface area contributed by atoms with Gasteiger partial charge in [0.05, 0.1) is 5.69 Å². The van der Waals surface area contributed by atoms with Crippen LogP contribution >= 0.6 is 0 Å². The van der Waals surface area contributed by atoms with Crippen LogP contribution in [0.15, 0.2) is 12.1 Å². The molecular formula is C17H25F2N. The largest absolute Gasteiger partial charge is 0.380 e. The van der Waals surface area contributed by atoms with Crippen molar-refractivity contribution < 1.29 is 8.78 Å². The Labute approximate surface area is 120 Å². The lowest BCUT2D eigenvalue weighted by molar-refractivity contribution is 0.422. The fraction of sp³-hybridized carbons (Fsp3) is 0.647. The maximum absolute atomic E-state index is 13.9. The molecule has 1 fully saturated rings. The minimum atomic E-state index is -0.349. The number of hydrogen-bond donors (Lipinski definition) is 1. The van der Waals surface area contributed by atoms with E-state index >= 15 is 0 Å². The minimum absolute atomic E-state index is 0.272. The van der Waals surface area contributed by atoms with Crippen molar-refractivity contribution in [1.29, 1.82) is 0 Å². The summed E-state index contributed by atoms with van der Waals surface area (Å²) in [5.74, 6) is 0.121. The van der Waals surface area contributed by atoms with Crippen LogP contribution in [0.2, 0.25) is 0 Å². The molecule has 2 rings (SSSR count). The third kappa shape index (κ3) is 3.94. The second kappa shape index (κ2) is 7.05. The van der Waals surface area contributed by atoms with E-state index in [4.69, 9.17) is 0 Å². The zero-order valence-electron chi connectivity index (χ0n) is 12.5. The van der Waals surface area contributed by atoms with Gasteiger partial charge in [-0.1, -0.05) is 32.6 Å². The highest BCUT2D eigenvalue weighted by Gasteiger charge is 2.19. The van der Waals surface area contributed by atoms with Crippen molar-refractivity contribution in [2.45, 2.75) is 64.8 Å². The fourth-order valence-electron chi connectivity index (χ4n) is 3.20. The first-order valence-corrected chi connectivity index (χ1v) is 7.82. The van der Waals surface area contributed by atoms with Crippen LogP contribution in [-0.2, 0) is 0 Å². The lowest BCUT2D eigenvalue weighted by Gasteiger charge is -2.19. The maximum atomic E-state index is 13.9. The Morgan fingerprint density at radius 1 is 1.10 bits per heavy atom. The molecule has 1 N–H and O–H groups in total. The number of nitrogens with one attached hydrogen (secondary N) is 1. The summed E-state index contributed by atoms with van der Waals surface area (Å²) in [7, 11) is 0. The number of benzene rings is 1. The summed E-state index contributed by atoms with van der Waals surface area (Å²) in [6.45, 7) is 3.81. The molecule has 0 spiro atoms. The Morgan fingerprint density at radius 3 is 2.65 bits per heavy atom. The third-order valence-electron chi connectivity index (χ3n) is 4.39. The Hall–Kier alpha value is -1.12. The molecule has 0 amide bonds. The van der Waals surface area contributed by atoms with Gasteiger partial charge in [-0.3, -0.25) is 0 Å². The van der Waals surface area contributed by atoms with Crippen LogP contribution in [0.1, 0.15) is 57.4 Å². The van der Waals surface area contributed by atoms with Gasteiger partial charge in [0.15, 0.2) is 0 Å². The summed E-state index contributed by atoms with van der Waals surface area (Å²) < 4.78 is 27.4. The number of anilines is 1. The Bertz CT molecular complexity index is 445. The highest BCUT2D eigenvalue weighted by atomic mass is 19.1. The molecule has 0 radical (unpaired) electrons. The van der Waals surface area contributed by atoms with Crippen molar-refractivity contribution in [3.8, 4) is 0 Å². The molecule has 0 heterocycles. The molecule has 1 aromatic carbocycles. The lowest BCUT2D eigenvalue weighted by Crippen LogP contribution is -2.19. The predicted molar refractivity (Wildman–Crippen MR) is 80.0 cm³/mol. The fourth-order valence-corrected chi connectivity index (χ4v) is 3.20. The number of halogens is 2. The van der Waals surface area contributed by atoms with Crippen molar-refractivity contribution >= 4 is 5.69 Å². The quantitative estimate of drug-likeness (QED) is 0.725. The summed E-state index contributed by atoms with van der Waals surface area (Å²) in [5, 5.41) is 3.20. The van der Waals surface area contributed by atoms with E-state index in [2.05, 4.69) is 12.2 Å². The number of rotatable bonds is 4. The van der Waals surface area contributed by atoms with Crippen LogP contribution in [0, 0.1) is 24.5 Å². The van der Waals surface area contributed by atoms with Crippen LogP contribution in [-0.4, -0.2) is 6.04 Å². The molecule has 1 aromatic rings. The first-order chi connectivity index (χ1) is 9.60. The van der Waals surface area contributed by atoms with Gasteiger partial charge in [0, 0.05) is 12.1 Å². The zero-order valence-corrected chi connectivity index (χ0v) is 12.5. The Balaban J connectivity index is 1.98. The third-order valence-corrected chi connectivity index (χ3v) is 4.39. The summed E-state index contributed by atoms with van der Waals surface area (Å²) in [5.41, 5.74) is 0.670. The molecule has 20 heavy (non-hydrogen) atoms. The van der Waals surface area contributed by atoms with Crippen molar-refractivity contribution in [2.75, 3.05) is 5.32 Å². The van der Waals surface area contributed by atoms with Crippen molar-refractivity contribution in [3.05, 3.63) is 29.3 Å². The molecular weight excluding hydrogens is 256 g/mol. The van der Waals surface area contributed by atoms with E-state index in [1.165, 1.54) is 44.2 Å². The Kier molecular flexibility index (Phi) is 5.38. The van der Waals surface area contributed by atoms with Gasteiger partial charge in [0.2, 0.25) is 0 Å². The van der Waals surface area contributed by atoms with E-state index in [0.29, 0.717) is 11.3 Å². The van der Waals surface area contributed by atoms with Crippen molar-refractivity contribution in [1.82, 2.24) is 0 Å². The van der Waals surface area contributed by atoms with E-state index < -0.39 is 0 Å². The predicted octanol–water partition coefficient (Wildman–Crippen LogP) is 5.43. The van der Waals surface area contributed by atoms with Gasteiger partial charge in [-0.2, -0.15) is 0 Å². The van der Waals surface area contributed by atoms with Crippen LogP contribution in [0.25, 0.3) is 0 Å². The Morgan fingerprint density at radius 2 is 1.90 bits per heavy atom. The van der Waals surface area contributed by atoms with Crippen LogP contribution in [0.4, 0.5) is 14.5 Å². The van der Waals surface area contributed by atoms with Crippen LogP contribution in [0.5, 0.6) is 0 Å². The van der Waals surface area contributed by atoms with Gasteiger partial charge in [-0.25, -0.2) is 8.78 Å². The normalized spacial score (nSPS) is 23.4. The molecule has 0 bridgehead atoms. The molecule has 1 saturated carbocycles. The molecule has 0 aliphatic heterocycles.